The van der Waals surface area contributed by atoms with Gasteiger partial charge in [0.1, 0.15) is 48.8 Å². The van der Waals surface area contributed by atoms with E-state index >= 15 is 0 Å². The van der Waals surface area contributed by atoms with Crippen molar-refractivity contribution in [3.8, 4) is 0 Å². The molecule has 0 aromatic heterocycles. The Bertz CT molecular complexity index is 391. The van der Waals surface area contributed by atoms with Gasteiger partial charge in [-0.05, 0) is 0 Å². The summed E-state index contributed by atoms with van der Waals surface area (Å²) in [6.45, 7) is -1.73. The number of carbonyl (C=O) groups excluding carboxylic acids is 2. The molecule has 0 bridgehead atoms. The molecule has 0 aliphatic rings. The van der Waals surface area contributed by atoms with Crippen LogP contribution in [0.4, 0.5) is 0 Å². The van der Waals surface area contributed by atoms with Gasteiger partial charge in [0.25, 0.3) is 0 Å². The third-order valence-electron chi connectivity index (χ3n) is 2.99. The molecule has 0 spiro atoms. The third-order valence-corrected chi connectivity index (χ3v) is 2.99. The van der Waals surface area contributed by atoms with Crippen LogP contribution in [0.2, 0.25) is 0 Å². The molecule has 0 fully saturated rings. The third kappa shape index (κ3) is 12.2. The largest absolute Gasteiger partial charge is 2.00 e. The maximum Gasteiger partial charge on any atom is 2.00 e. The Kier molecular flexibility index (Phi) is 21.9. The summed E-state index contributed by atoms with van der Waals surface area (Å²) in [6.07, 6.45) is -16.2. The summed E-state index contributed by atoms with van der Waals surface area (Å²) in [7, 11) is 0. The molecule has 0 saturated heterocycles. The van der Waals surface area contributed by atoms with E-state index < -0.39 is 74.0 Å². The van der Waals surface area contributed by atoms with Gasteiger partial charge in [0.15, 0.2) is 0 Å². The molecular formula is C12H23ClO14Sn. The smallest absolute Gasteiger partial charge is 0.547 e. The van der Waals surface area contributed by atoms with Crippen LogP contribution in [0.3, 0.4) is 0 Å². The number of carboxylic acid groups (broad SMARTS) is 2. The molecule has 0 heterocycles. The fraction of sp³-hybridized carbons (Fsp3) is 0.833. The van der Waals surface area contributed by atoms with E-state index in [1.54, 1.807) is 0 Å². The van der Waals surface area contributed by atoms with Gasteiger partial charge < -0.3 is 70.9 Å². The first-order valence-electron chi connectivity index (χ1n) is 6.91. The molecule has 0 aliphatic heterocycles. The number of halogens is 1. The molecule has 0 amide bonds. The van der Waals surface area contributed by atoms with Crippen LogP contribution in [0, 0.1) is 0 Å². The SMILES string of the molecule is Cl.O=C([O-])[C@H](O)[C@@H](O)[C@H](O)[C@H](O)CO.O=C([O-])[C@H](O)[C@@H](O)[C@H](O)[C@H](O)CO.[Sn+2]. The number of aliphatic hydroxyl groups is 10. The van der Waals surface area contributed by atoms with E-state index in [0.717, 1.165) is 0 Å². The number of hydrogen-bond acceptors (Lipinski definition) is 14. The molecule has 0 saturated carbocycles. The minimum Gasteiger partial charge on any atom is -0.547 e. The molecule has 28 heavy (non-hydrogen) atoms. The van der Waals surface area contributed by atoms with Gasteiger partial charge in [-0.3, -0.25) is 0 Å². The fourth-order valence-corrected chi connectivity index (χ4v) is 1.32. The summed E-state index contributed by atoms with van der Waals surface area (Å²) in [5, 5.41) is 107. The topological polar surface area (TPSA) is 283 Å². The van der Waals surface area contributed by atoms with Crippen molar-refractivity contribution < 1.29 is 70.9 Å². The van der Waals surface area contributed by atoms with Crippen LogP contribution in [-0.2, 0) is 9.59 Å². The van der Waals surface area contributed by atoms with E-state index in [2.05, 4.69) is 0 Å². The molecule has 14 nitrogen and oxygen atoms in total. The van der Waals surface area contributed by atoms with Gasteiger partial charge >= 0.3 is 23.9 Å². The second-order valence-electron chi connectivity index (χ2n) is 4.99. The molecule has 0 rings (SSSR count). The predicted molar refractivity (Wildman–Crippen MR) is 85.2 cm³/mol. The normalized spacial score (nSPS) is 18.9. The molecule has 10 N–H and O–H groups in total. The molecule has 0 aliphatic carbocycles. The van der Waals surface area contributed by atoms with Gasteiger partial charge in [0.05, 0.1) is 25.2 Å². The fourth-order valence-electron chi connectivity index (χ4n) is 1.32. The Morgan fingerprint density at radius 1 is 0.607 bits per heavy atom. The van der Waals surface area contributed by atoms with Crippen molar-refractivity contribution in [2.75, 3.05) is 13.2 Å². The van der Waals surface area contributed by atoms with Crippen molar-refractivity contribution in [3.05, 3.63) is 0 Å². The first-order chi connectivity index (χ1) is 11.8. The van der Waals surface area contributed by atoms with Crippen LogP contribution >= 0.6 is 12.4 Å². The first kappa shape index (κ1) is 35.1. The van der Waals surface area contributed by atoms with Crippen LogP contribution in [0.25, 0.3) is 0 Å². The van der Waals surface area contributed by atoms with Gasteiger partial charge in [-0.1, -0.05) is 0 Å². The molecule has 16 heteroatoms. The monoisotopic (exact) mass is 546 g/mol. The van der Waals surface area contributed by atoms with E-state index in [9.17, 15) is 19.8 Å². The van der Waals surface area contributed by atoms with Crippen LogP contribution in [0.5, 0.6) is 0 Å². The second kappa shape index (κ2) is 17.5. The van der Waals surface area contributed by atoms with E-state index in [4.69, 9.17) is 51.1 Å². The number of hydrogen-bond donors (Lipinski definition) is 10. The number of aliphatic hydroxyl groups excluding tert-OH is 10. The van der Waals surface area contributed by atoms with E-state index in [1.165, 1.54) is 0 Å². The Balaban J connectivity index is -0.000000192. The molecule has 0 unspecified atom stereocenters. The summed E-state index contributed by atoms with van der Waals surface area (Å²) in [6, 6.07) is 0. The van der Waals surface area contributed by atoms with Crippen molar-refractivity contribution in [1.82, 2.24) is 0 Å². The Morgan fingerprint density at radius 2 is 0.821 bits per heavy atom. The number of carboxylic acids is 2. The van der Waals surface area contributed by atoms with E-state index in [-0.39, 0.29) is 36.3 Å². The molecule has 0 aromatic carbocycles. The molecule has 166 valence electrons. The van der Waals surface area contributed by atoms with Crippen LogP contribution in [-0.4, -0.2) is 149 Å². The zero-order valence-electron chi connectivity index (χ0n) is 14.0. The summed E-state index contributed by atoms with van der Waals surface area (Å²) in [5.41, 5.74) is 0. The number of rotatable bonds is 10. The zero-order chi connectivity index (χ0) is 21.2. The first-order valence-corrected chi connectivity index (χ1v) is 6.91. The molecule has 8 atom stereocenters. The van der Waals surface area contributed by atoms with E-state index in [0.29, 0.717) is 0 Å². The molecule has 0 aromatic rings. The minimum absolute atomic E-state index is 0. The van der Waals surface area contributed by atoms with Crippen molar-refractivity contribution in [2.45, 2.75) is 48.8 Å². The summed E-state index contributed by atoms with van der Waals surface area (Å²) < 4.78 is 0. The Morgan fingerprint density at radius 3 is 0.964 bits per heavy atom. The van der Waals surface area contributed by atoms with Gasteiger partial charge in [0, 0.05) is 0 Å². The summed E-state index contributed by atoms with van der Waals surface area (Å²) in [4.78, 5) is 20.0. The van der Waals surface area contributed by atoms with Crippen molar-refractivity contribution in [1.29, 1.82) is 0 Å². The second-order valence-corrected chi connectivity index (χ2v) is 4.99. The van der Waals surface area contributed by atoms with Gasteiger partial charge in [-0.2, -0.15) is 0 Å². The average Bonchev–Trinajstić information content (AvgIpc) is 2.62. The summed E-state index contributed by atoms with van der Waals surface area (Å²) >= 11 is 0. The minimum atomic E-state index is -2.31. The summed E-state index contributed by atoms with van der Waals surface area (Å²) in [5.74, 6) is -3.95. The molecular weight excluding hydrogens is 522 g/mol. The van der Waals surface area contributed by atoms with Crippen LogP contribution in [0.15, 0.2) is 0 Å². The van der Waals surface area contributed by atoms with Gasteiger partial charge in [-0.15, -0.1) is 12.4 Å². The van der Waals surface area contributed by atoms with Crippen molar-refractivity contribution >= 4 is 48.3 Å². The van der Waals surface area contributed by atoms with E-state index in [1.807, 2.05) is 0 Å². The van der Waals surface area contributed by atoms with Crippen molar-refractivity contribution in [3.63, 3.8) is 0 Å². The maximum atomic E-state index is 9.98. The molecule has 2 radical (unpaired) electrons. The zero-order valence-corrected chi connectivity index (χ0v) is 17.7. The Hall–Kier alpha value is -0.371. The standard InChI is InChI=1S/2C6H12O7.ClH.Sn/c2*7-1-2(8)3(9)4(10)5(11)6(12)13;;/h2*2-5,7-11H,1H2,(H,12,13);1H;/q;;;+2/p-2/t2*2-,3-,4+,5-;;/m11../s1. The maximum absolute atomic E-state index is 9.98. The van der Waals surface area contributed by atoms with Gasteiger partial charge in [0.2, 0.25) is 0 Å². The average molecular weight is 545 g/mol. The van der Waals surface area contributed by atoms with Crippen LogP contribution < -0.4 is 10.2 Å². The quantitative estimate of drug-likeness (QED) is 0.114. The predicted octanol–water partition coefficient (Wildman–Crippen LogP) is -9.61. The number of aliphatic carboxylic acids is 2. The van der Waals surface area contributed by atoms with Crippen LogP contribution in [0.1, 0.15) is 0 Å². The Labute approximate surface area is 181 Å². The van der Waals surface area contributed by atoms with Crippen molar-refractivity contribution in [2.24, 2.45) is 0 Å². The van der Waals surface area contributed by atoms with Gasteiger partial charge in [-0.25, -0.2) is 0 Å². The number of carbonyl (C=O) groups is 2.